The van der Waals surface area contributed by atoms with E-state index >= 15 is 0 Å². The molecule has 1 fully saturated rings. The fraction of sp³-hybridized carbons (Fsp3) is 0.231. The molecule has 29 heavy (non-hydrogen) atoms. The van der Waals surface area contributed by atoms with Crippen molar-refractivity contribution in [3.05, 3.63) is 119 Å². The van der Waals surface area contributed by atoms with E-state index in [0.717, 1.165) is 24.7 Å². The summed E-state index contributed by atoms with van der Waals surface area (Å²) in [5.41, 5.74) is 4.12. The first-order valence-corrected chi connectivity index (χ1v) is 9.98. The lowest BCUT2D eigenvalue weighted by molar-refractivity contribution is 0.0581. The molecule has 1 aliphatic rings. The quantitative estimate of drug-likeness (QED) is 0.444. The summed E-state index contributed by atoms with van der Waals surface area (Å²) >= 11 is 0. The lowest BCUT2D eigenvalue weighted by Gasteiger charge is -2.48. The molecule has 0 saturated carbocycles. The molecule has 0 N–H and O–H groups in total. The maximum atomic E-state index is 13.8. The fourth-order valence-corrected chi connectivity index (χ4v) is 4.57. The molecule has 0 spiro atoms. The van der Waals surface area contributed by atoms with Crippen molar-refractivity contribution < 1.29 is 8.78 Å². The number of likely N-dealkylation sites (tertiary alicyclic amines) is 1. The number of hydrogen-bond donors (Lipinski definition) is 0. The van der Waals surface area contributed by atoms with Gasteiger partial charge in [0, 0.05) is 25.1 Å². The van der Waals surface area contributed by atoms with Crippen molar-refractivity contribution in [2.75, 3.05) is 13.1 Å². The van der Waals surface area contributed by atoms with E-state index in [0.29, 0.717) is 5.56 Å². The molecular weight excluding hydrogens is 364 g/mol. The fourth-order valence-electron chi connectivity index (χ4n) is 4.57. The van der Waals surface area contributed by atoms with Gasteiger partial charge in [-0.05, 0) is 41.7 Å². The predicted octanol–water partition coefficient (Wildman–Crippen LogP) is 6.35. The van der Waals surface area contributed by atoms with E-state index in [2.05, 4.69) is 60.0 Å². The van der Waals surface area contributed by atoms with Crippen molar-refractivity contribution in [3.63, 3.8) is 0 Å². The minimum absolute atomic E-state index is 0.0522. The van der Waals surface area contributed by atoms with Gasteiger partial charge in [0.25, 0.3) is 0 Å². The standard InChI is InChI=1S/C26H25F2N/c1-18(2)25(21-13-23(27)15-24(28)14-21)22-16-29(17-22)26(19-9-5-3-6-10-19)20-11-7-4-8-12-20/h3-15,22,25-26H,1,16-17H2,2H3/t25-/m1/s1. The first kappa shape index (κ1) is 19.5. The monoisotopic (exact) mass is 389 g/mol. The van der Waals surface area contributed by atoms with Gasteiger partial charge in [0.15, 0.2) is 0 Å². The third-order valence-corrected chi connectivity index (χ3v) is 5.78. The molecule has 0 radical (unpaired) electrons. The zero-order valence-corrected chi connectivity index (χ0v) is 16.6. The molecule has 3 aromatic carbocycles. The first-order chi connectivity index (χ1) is 14.0. The molecule has 1 nitrogen and oxygen atoms in total. The van der Waals surface area contributed by atoms with Crippen LogP contribution in [0.25, 0.3) is 0 Å². The van der Waals surface area contributed by atoms with Crippen molar-refractivity contribution in [2.24, 2.45) is 5.92 Å². The molecule has 0 bridgehead atoms. The van der Waals surface area contributed by atoms with Crippen molar-refractivity contribution >= 4 is 0 Å². The van der Waals surface area contributed by atoms with Crippen LogP contribution < -0.4 is 0 Å². The molecule has 0 aromatic heterocycles. The van der Waals surface area contributed by atoms with E-state index in [1.807, 2.05) is 19.1 Å². The van der Waals surface area contributed by atoms with Gasteiger partial charge < -0.3 is 0 Å². The van der Waals surface area contributed by atoms with Crippen LogP contribution in [-0.4, -0.2) is 18.0 Å². The van der Waals surface area contributed by atoms with Crippen molar-refractivity contribution in [1.29, 1.82) is 0 Å². The third kappa shape index (κ3) is 4.15. The second-order valence-corrected chi connectivity index (χ2v) is 7.96. The number of halogens is 2. The molecular formula is C26H25F2N. The van der Waals surface area contributed by atoms with Gasteiger partial charge in [0.2, 0.25) is 0 Å². The highest BCUT2D eigenvalue weighted by molar-refractivity contribution is 5.34. The summed E-state index contributed by atoms with van der Waals surface area (Å²) in [5, 5.41) is 0. The van der Waals surface area contributed by atoms with Gasteiger partial charge in [0.1, 0.15) is 11.6 Å². The molecule has 1 aliphatic heterocycles. The number of benzene rings is 3. The van der Waals surface area contributed by atoms with Crippen LogP contribution in [0, 0.1) is 17.6 Å². The molecule has 0 unspecified atom stereocenters. The Morgan fingerprint density at radius 2 is 1.31 bits per heavy atom. The van der Waals surface area contributed by atoms with Crippen molar-refractivity contribution in [1.82, 2.24) is 4.90 Å². The van der Waals surface area contributed by atoms with Gasteiger partial charge in [0.05, 0.1) is 6.04 Å². The van der Waals surface area contributed by atoms with Crippen molar-refractivity contribution in [3.8, 4) is 0 Å². The van der Waals surface area contributed by atoms with Crippen LogP contribution in [-0.2, 0) is 0 Å². The van der Waals surface area contributed by atoms with Crippen molar-refractivity contribution in [2.45, 2.75) is 18.9 Å². The third-order valence-electron chi connectivity index (χ3n) is 5.78. The van der Waals surface area contributed by atoms with E-state index in [1.165, 1.54) is 23.3 Å². The average molecular weight is 389 g/mol. The van der Waals surface area contributed by atoms with Crippen LogP contribution in [0.2, 0.25) is 0 Å². The summed E-state index contributed by atoms with van der Waals surface area (Å²) < 4.78 is 27.6. The lowest BCUT2D eigenvalue weighted by Crippen LogP contribution is -2.51. The first-order valence-electron chi connectivity index (χ1n) is 9.98. The highest BCUT2D eigenvalue weighted by atomic mass is 19.1. The van der Waals surface area contributed by atoms with Crippen LogP contribution in [0.3, 0.4) is 0 Å². The summed E-state index contributed by atoms with van der Waals surface area (Å²) in [6, 6.07) is 24.9. The Morgan fingerprint density at radius 3 is 1.76 bits per heavy atom. The number of rotatable bonds is 6. The Balaban J connectivity index is 1.59. The second-order valence-electron chi connectivity index (χ2n) is 7.96. The van der Waals surface area contributed by atoms with Crippen LogP contribution in [0.1, 0.15) is 35.6 Å². The smallest absolute Gasteiger partial charge is 0.126 e. The number of nitrogens with zero attached hydrogens (tertiary/aromatic N) is 1. The molecule has 4 rings (SSSR count). The Labute approximate surface area is 171 Å². The van der Waals surface area contributed by atoms with E-state index < -0.39 is 11.6 Å². The zero-order valence-electron chi connectivity index (χ0n) is 16.6. The van der Waals surface area contributed by atoms with Gasteiger partial charge in [-0.3, -0.25) is 4.90 Å². The Hall–Kier alpha value is -2.78. The highest BCUT2D eigenvalue weighted by Gasteiger charge is 2.39. The van der Waals surface area contributed by atoms with Crippen LogP contribution in [0.15, 0.2) is 91.0 Å². The molecule has 3 heteroatoms. The van der Waals surface area contributed by atoms with Crippen LogP contribution >= 0.6 is 0 Å². The summed E-state index contributed by atoms with van der Waals surface area (Å²) in [5.74, 6) is -0.838. The lowest BCUT2D eigenvalue weighted by atomic mass is 9.76. The van der Waals surface area contributed by atoms with Crippen LogP contribution in [0.5, 0.6) is 0 Å². The summed E-state index contributed by atoms with van der Waals surface area (Å²) in [7, 11) is 0. The summed E-state index contributed by atoms with van der Waals surface area (Å²) in [4.78, 5) is 2.43. The van der Waals surface area contributed by atoms with E-state index in [1.54, 1.807) is 0 Å². The maximum Gasteiger partial charge on any atom is 0.126 e. The average Bonchev–Trinajstić information content (AvgIpc) is 2.67. The van der Waals surface area contributed by atoms with E-state index in [9.17, 15) is 8.78 Å². The SMILES string of the molecule is C=C(C)[C@H](c1cc(F)cc(F)c1)C1CN(C(c2ccccc2)c2ccccc2)C1. The van der Waals surface area contributed by atoms with E-state index in [-0.39, 0.29) is 17.9 Å². The molecule has 148 valence electrons. The van der Waals surface area contributed by atoms with Gasteiger partial charge >= 0.3 is 0 Å². The molecule has 3 aromatic rings. The second kappa shape index (κ2) is 8.30. The Bertz CT molecular complexity index is 918. The van der Waals surface area contributed by atoms with E-state index in [4.69, 9.17) is 0 Å². The largest absolute Gasteiger partial charge is 0.292 e. The van der Waals surface area contributed by atoms with Crippen LogP contribution in [0.4, 0.5) is 8.78 Å². The Morgan fingerprint density at radius 1 is 0.828 bits per heavy atom. The minimum Gasteiger partial charge on any atom is -0.292 e. The minimum atomic E-state index is -0.533. The molecule has 1 heterocycles. The predicted molar refractivity (Wildman–Crippen MR) is 114 cm³/mol. The Kier molecular flexibility index (Phi) is 5.59. The summed E-state index contributed by atoms with van der Waals surface area (Å²) in [6.45, 7) is 7.77. The molecule has 1 saturated heterocycles. The van der Waals surface area contributed by atoms with Gasteiger partial charge in [-0.25, -0.2) is 8.78 Å². The maximum absolute atomic E-state index is 13.8. The highest BCUT2D eigenvalue weighted by Crippen LogP contribution is 2.42. The normalized spacial score (nSPS) is 15.9. The van der Waals surface area contributed by atoms with Gasteiger partial charge in [-0.2, -0.15) is 0 Å². The molecule has 1 atom stereocenters. The number of hydrogen-bond acceptors (Lipinski definition) is 1. The number of allylic oxidation sites excluding steroid dienone is 1. The van der Waals surface area contributed by atoms with Gasteiger partial charge in [-0.15, -0.1) is 0 Å². The van der Waals surface area contributed by atoms with Gasteiger partial charge in [-0.1, -0.05) is 72.8 Å². The zero-order chi connectivity index (χ0) is 20.4. The molecule has 0 amide bonds. The molecule has 0 aliphatic carbocycles. The summed E-state index contributed by atoms with van der Waals surface area (Å²) in [6.07, 6.45) is 0. The topological polar surface area (TPSA) is 3.24 Å².